The van der Waals surface area contributed by atoms with Gasteiger partial charge in [0.1, 0.15) is 4.62 Å². The summed E-state index contributed by atoms with van der Waals surface area (Å²) in [6.45, 7) is 0. The van der Waals surface area contributed by atoms with Crippen molar-refractivity contribution in [2.45, 2.75) is 12.5 Å². The van der Waals surface area contributed by atoms with Crippen molar-refractivity contribution in [3.8, 4) is 0 Å². The van der Waals surface area contributed by atoms with Crippen LogP contribution in [-0.2, 0) is 9.57 Å². The molecule has 2 rings (SSSR count). The summed E-state index contributed by atoms with van der Waals surface area (Å²) in [5.41, 5.74) is 1.52. The Morgan fingerprint density at radius 1 is 1.50 bits per heavy atom. The molecule has 1 heterocycles. The molecule has 0 unspecified atom stereocenters. The molecule has 5 heteroatoms. The highest BCUT2D eigenvalue weighted by molar-refractivity contribution is 9.18. The van der Waals surface area contributed by atoms with Crippen LogP contribution in [0.4, 0.5) is 0 Å². The van der Waals surface area contributed by atoms with Crippen molar-refractivity contribution in [3.63, 3.8) is 0 Å². The first-order valence-corrected chi connectivity index (χ1v) is 5.56. The Morgan fingerprint density at radius 3 is 2.69 bits per heavy atom. The van der Waals surface area contributed by atoms with Crippen molar-refractivity contribution in [2.24, 2.45) is 5.16 Å². The average Bonchev–Trinajstić information content (AvgIpc) is 2.75. The standard InChI is InChI=1S/C11H10BrNO3/c1-15-11(14)8-4-2-7(3-5-8)9-6-10(12)13-16-9/h2-5,9H,6H2,1H3/t9-/m1/s1. The van der Waals surface area contributed by atoms with Crippen LogP contribution >= 0.6 is 15.9 Å². The molecule has 0 aliphatic carbocycles. The van der Waals surface area contributed by atoms with Crippen molar-refractivity contribution in [1.29, 1.82) is 0 Å². The van der Waals surface area contributed by atoms with Gasteiger partial charge in [0.2, 0.25) is 0 Å². The van der Waals surface area contributed by atoms with Crippen LogP contribution in [0.2, 0.25) is 0 Å². The van der Waals surface area contributed by atoms with Gasteiger partial charge in [-0.3, -0.25) is 0 Å². The molecule has 0 saturated heterocycles. The second-order valence-corrected chi connectivity index (χ2v) is 4.29. The van der Waals surface area contributed by atoms with E-state index in [0.29, 0.717) is 5.56 Å². The van der Waals surface area contributed by atoms with Crippen molar-refractivity contribution in [3.05, 3.63) is 35.4 Å². The Kier molecular flexibility index (Phi) is 3.24. The molecule has 1 aliphatic heterocycles. The summed E-state index contributed by atoms with van der Waals surface area (Å²) in [5.74, 6) is -0.337. The van der Waals surface area contributed by atoms with E-state index in [2.05, 4.69) is 25.8 Å². The number of hydrogen-bond acceptors (Lipinski definition) is 4. The maximum atomic E-state index is 11.2. The van der Waals surface area contributed by atoms with Crippen LogP contribution in [0.3, 0.4) is 0 Å². The lowest BCUT2D eigenvalue weighted by atomic mass is 10.1. The minimum absolute atomic E-state index is 0.0685. The van der Waals surface area contributed by atoms with Gasteiger partial charge in [0.05, 0.1) is 12.7 Å². The van der Waals surface area contributed by atoms with Crippen molar-refractivity contribution in [2.75, 3.05) is 7.11 Å². The molecule has 1 aromatic rings. The summed E-state index contributed by atoms with van der Waals surface area (Å²) in [6, 6.07) is 7.13. The number of carbonyl (C=O) groups is 1. The number of nitrogens with zero attached hydrogens (tertiary/aromatic N) is 1. The number of methoxy groups -OCH3 is 1. The van der Waals surface area contributed by atoms with Gasteiger partial charge in [-0.05, 0) is 33.6 Å². The smallest absolute Gasteiger partial charge is 0.337 e. The van der Waals surface area contributed by atoms with Crippen molar-refractivity contribution in [1.82, 2.24) is 0 Å². The van der Waals surface area contributed by atoms with Crippen molar-refractivity contribution < 1.29 is 14.4 Å². The third-order valence-corrected chi connectivity index (χ3v) is 2.80. The Morgan fingerprint density at radius 2 is 2.19 bits per heavy atom. The largest absolute Gasteiger partial charge is 0.465 e. The first kappa shape index (κ1) is 11.1. The number of halogens is 1. The van der Waals surface area contributed by atoms with Gasteiger partial charge in [-0.2, -0.15) is 0 Å². The fourth-order valence-corrected chi connectivity index (χ4v) is 1.86. The molecule has 0 fully saturated rings. The van der Waals surface area contributed by atoms with E-state index in [9.17, 15) is 4.79 Å². The molecule has 1 aliphatic rings. The predicted molar refractivity (Wildman–Crippen MR) is 62.6 cm³/mol. The average molecular weight is 284 g/mol. The summed E-state index contributed by atoms with van der Waals surface area (Å²) < 4.78 is 5.42. The predicted octanol–water partition coefficient (Wildman–Crippen LogP) is 2.64. The molecule has 84 valence electrons. The number of benzene rings is 1. The lowest BCUT2D eigenvalue weighted by Crippen LogP contribution is -2.02. The summed E-state index contributed by atoms with van der Waals surface area (Å²) in [6.07, 6.45) is 0.651. The summed E-state index contributed by atoms with van der Waals surface area (Å²) in [7, 11) is 1.36. The third kappa shape index (κ3) is 2.24. The van der Waals surface area contributed by atoms with E-state index in [-0.39, 0.29) is 12.1 Å². The van der Waals surface area contributed by atoms with Gasteiger partial charge in [-0.25, -0.2) is 4.79 Å². The van der Waals surface area contributed by atoms with E-state index >= 15 is 0 Å². The molecule has 4 nitrogen and oxygen atoms in total. The number of rotatable bonds is 2. The Labute approximate surface area is 101 Å². The van der Waals surface area contributed by atoms with Gasteiger partial charge < -0.3 is 9.57 Å². The van der Waals surface area contributed by atoms with Gasteiger partial charge in [0.25, 0.3) is 0 Å². The van der Waals surface area contributed by atoms with Gasteiger partial charge in [-0.1, -0.05) is 17.3 Å². The van der Waals surface area contributed by atoms with Crippen LogP contribution in [0, 0.1) is 0 Å². The molecule has 1 aromatic carbocycles. The van der Waals surface area contributed by atoms with E-state index in [1.807, 2.05) is 12.1 Å². The Bertz CT molecular complexity index is 427. The van der Waals surface area contributed by atoms with Crippen LogP contribution < -0.4 is 0 Å². The lowest BCUT2D eigenvalue weighted by Gasteiger charge is -2.08. The Balaban J connectivity index is 2.11. The van der Waals surface area contributed by atoms with E-state index in [4.69, 9.17) is 4.84 Å². The first-order valence-electron chi connectivity index (χ1n) is 4.77. The number of carbonyl (C=O) groups excluding carboxylic acids is 1. The third-order valence-electron chi connectivity index (χ3n) is 2.34. The second kappa shape index (κ2) is 4.65. The van der Waals surface area contributed by atoms with E-state index < -0.39 is 0 Å². The van der Waals surface area contributed by atoms with Gasteiger partial charge >= 0.3 is 5.97 Å². The second-order valence-electron chi connectivity index (χ2n) is 3.38. The molecular weight excluding hydrogens is 274 g/mol. The number of esters is 1. The van der Waals surface area contributed by atoms with E-state index in [1.54, 1.807) is 12.1 Å². The Hall–Kier alpha value is -1.36. The van der Waals surface area contributed by atoms with Crippen LogP contribution in [0.15, 0.2) is 29.4 Å². The fourth-order valence-electron chi connectivity index (χ4n) is 1.48. The van der Waals surface area contributed by atoms with Crippen LogP contribution in [-0.4, -0.2) is 17.7 Å². The summed E-state index contributed by atoms with van der Waals surface area (Å²) in [5, 5.41) is 3.81. The van der Waals surface area contributed by atoms with Crippen molar-refractivity contribution >= 4 is 26.5 Å². The maximum absolute atomic E-state index is 11.2. The van der Waals surface area contributed by atoms with Gasteiger partial charge in [0, 0.05) is 6.42 Å². The van der Waals surface area contributed by atoms with Gasteiger partial charge in [0.15, 0.2) is 6.10 Å². The normalized spacial score (nSPS) is 18.9. The van der Waals surface area contributed by atoms with Crippen LogP contribution in [0.1, 0.15) is 28.4 Å². The minimum Gasteiger partial charge on any atom is -0.465 e. The monoisotopic (exact) mass is 283 g/mol. The zero-order valence-electron chi connectivity index (χ0n) is 8.64. The molecular formula is C11H10BrNO3. The molecule has 0 saturated carbocycles. The molecule has 0 amide bonds. The quantitative estimate of drug-likeness (QED) is 0.784. The van der Waals surface area contributed by atoms with E-state index in [0.717, 1.165) is 16.6 Å². The van der Waals surface area contributed by atoms with E-state index in [1.165, 1.54) is 7.11 Å². The highest BCUT2D eigenvalue weighted by Crippen LogP contribution is 2.28. The molecule has 0 radical (unpaired) electrons. The van der Waals surface area contributed by atoms with Crippen LogP contribution in [0.25, 0.3) is 0 Å². The lowest BCUT2D eigenvalue weighted by molar-refractivity contribution is 0.0600. The molecule has 1 atom stereocenters. The molecule has 0 bridgehead atoms. The topological polar surface area (TPSA) is 47.9 Å². The highest BCUT2D eigenvalue weighted by Gasteiger charge is 2.21. The SMILES string of the molecule is COC(=O)c1ccc([C@H]2CC(Br)=NO2)cc1. The zero-order chi connectivity index (χ0) is 11.5. The maximum Gasteiger partial charge on any atom is 0.337 e. The van der Waals surface area contributed by atoms with Gasteiger partial charge in [-0.15, -0.1) is 0 Å². The summed E-state index contributed by atoms with van der Waals surface area (Å²) in [4.78, 5) is 16.4. The minimum atomic E-state index is -0.337. The summed E-state index contributed by atoms with van der Waals surface area (Å²) >= 11 is 3.28. The first-order chi connectivity index (χ1) is 7.70. The zero-order valence-corrected chi connectivity index (χ0v) is 10.2. The highest BCUT2D eigenvalue weighted by atomic mass is 79.9. The molecule has 0 N–H and O–H groups in total. The molecule has 0 aromatic heterocycles. The number of ether oxygens (including phenoxy) is 1. The van der Waals surface area contributed by atoms with Crippen LogP contribution in [0.5, 0.6) is 0 Å². The number of hydrogen-bond donors (Lipinski definition) is 0. The molecule has 16 heavy (non-hydrogen) atoms. The molecule has 0 spiro atoms. The fraction of sp³-hybridized carbons (Fsp3) is 0.273. The number of oxime groups is 1.